The Labute approximate surface area is 189 Å². The number of H-pyrrole nitrogens is 1. The highest BCUT2D eigenvalue weighted by Gasteiger charge is 2.29. The normalized spacial score (nSPS) is 17.3. The second-order valence-corrected chi connectivity index (χ2v) is 8.29. The molecule has 1 fully saturated rings. The molecule has 7 nitrogen and oxygen atoms in total. The van der Waals surface area contributed by atoms with E-state index in [1.54, 1.807) is 19.3 Å². The molecule has 2 aliphatic rings. The molecule has 1 atom stereocenters. The topological polar surface area (TPSA) is 88.3 Å². The summed E-state index contributed by atoms with van der Waals surface area (Å²) in [6, 6.07) is 4.45. The van der Waals surface area contributed by atoms with Crippen LogP contribution in [0.4, 0.5) is 15.8 Å². The van der Waals surface area contributed by atoms with Crippen molar-refractivity contribution in [2.75, 3.05) is 25.1 Å². The van der Waals surface area contributed by atoms with Gasteiger partial charge in [-0.25, -0.2) is 4.39 Å². The van der Waals surface area contributed by atoms with Gasteiger partial charge in [0, 0.05) is 54.2 Å². The molecule has 166 valence electrons. The van der Waals surface area contributed by atoms with Crippen LogP contribution in [0.2, 0.25) is 5.02 Å². The first-order valence-corrected chi connectivity index (χ1v) is 10.8. The van der Waals surface area contributed by atoms with E-state index in [1.165, 1.54) is 12.1 Å². The lowest BCUT2D eigenvalue weighted by Gasteiger charge is -2.26. The number of carbonyl (C=O) groups excluding carboxylic acids is 1. The highest BCUT2D eigenvalue weighted by atomic mass is 35.5. The molecule has 0 bridgehead atoms. The number of aromatic amines is 1. The first-order chi connectivity index (χ1) is 15.5. The zero-order valence-electron chi connectivity index (χ0n) is 17.4. The summed E-state index contributed by atoms with van der Waals surface area (Å²) in [5.74, 6) is -0.0956. The Morgan fingerprint density at radius 3 is 3.03 bits per heavy atom. The summed E-state index contributed by atoms with van der Waals surface area (Å²) >= 11 is 6.20. The maximum atomic E-state index is 14.1. The van der Waals surface area contributed by atoms with Crippen LogP contribution < -0.4 is 15.4 Å². The predicted octanol–water partition coefficient (Wildman–Crippen LogP) is 4.37. The molecule has 9 heteroatoms. The molecular formula is C23H22ClFN4O3. The monoisotopic (exact) mass is 456 g/mol. The van der Waals surface area contributed by atoms with Crippen molar-refractivity contribution in [1.82, 2.24) is 15.3 Å². The van der Waals surface area contributed by atoms with E-state index in [2.05, 4.69) is 20.6 Å². The Hall–Kier alpha value is -3.10. The van der Waals surface area contributed by atoms with Crippen LogP contribution in [0.5, 0.6) is 5.75 Å². The number of anilines is 2. The van der Waals surface area contributed by atoms with Crippen LogP contribution in [0, 0.1) is 12.7 Å². The molecular weight excluding hydrogens is 435 g/mol. The summed E-state index contributed by atoms with van der Waals surface area (Å²) in [4.78, 5) is 20.4. The molecule has 2 aromatic heterocycles. The zero-order valence-corrected chi connectivity index (χ0v) is 18.2. The van der Waals surface area contributed by atoms with Crippen molar-refractivity contribution in [1.29, 1.82) is 0 Å². The highest BCUT2D eigenvalue weighted by molar-refractivity contribution is 6.31. The van der Waals surface area contributed by atoms with Crippen LogP contribution in [0.3, 0.4) is 0 Å². The van der Waals surface area contributed by atoms with E-state index in [4.69, 9.17) is 21.1 Å². The van der Waals surface area contributed by atoms with E-state index in [0.29, 0.717) is 58.5 Å². The summed E-state index contributed by atoms with van der Waals surface area (Å²) in [5.41, 5.74) is 4.41. The number of rotatable bonds is 6. The summed E-state index contributed by atoms with van der Waals surface area (Å²) in [5, 5.41) is 6.44. The summed E-state index contributed by atoms with van der Waals surface area (Å²) in [6.45, 7) is 3.49. The minimum Gasteiger partial charge on any atom is -0.489 e. The number of benzene rings is 1. The number of aromatic nitrogens is 2. The van der Waals surface area contributed by atoms with E-state index >= 15 is 0 Å². The maximum absolute atomic E-state index is 14.1. The molecule has 5 rings (SSSR count). The lowest BCUT2D eigenvalue weighted by Crippen LogP contribution is -2.32. The van der Waals surface area contributed by atoms with Gasteiger partial charge in [0.15, 0.2) is 0 Å². The minimum absolute atomic E-state index is 0.0698. The lowest BCUT2D eigenvalue weighted by molar-refractivity contribution is -0.0720. The van der Waals surface area contributed by atoms with Crippen LogP contribution in [-0.4, -0.2) is 41.7 Å². The number of ether oxygens (including phenoxy) is 2. The molecule has 3 aromatic rings. The Bertz CT molecular complexity index is 1190. The van der Waals surface area contributed by atoms with Crippen molar-refractivity contribution in [2.24, 2.45) is 0 Å². The van der Waals surface area contributed by atoms with E-state index < -0.39 is 5.82 Å². The van der Waals surface area contributed by atoms with E-state index in [0.717, 1.165) is 24.3 Å². The standard InChI is InChI=1S/C23H22ClFN4O3/c1-12-16(24)8-13(25)9-18(12)29-22-20-17(3-6-27-23(20)30)28-21(22)15-2-5-26-10-19(15)32-11-14-4-7-31-14/h2,5,8-10,14,28-29H,3-4,6-7,11H2,1H3,(H,27,30). The number of hydrogen-bond acceptors (Lipinski definition) is 5. The highest BCUT2D eigenvalue weighted by Crippen LogP contribution is 2.41. The van der Waals surface area contributed by atoms with Crippen LogP contribution in [-0.2, 0) is 11.2 Å². The Morgan fingerprint density at radius 1 is 1.41 bits per heavy atom. The molecule has 1 aromatic carbocycles. The molecule has 1 amide bonds. The summed E-state index contributed by atoms with van der Waals surface area (Å²) in [7, 11) is 0. The van der Waals surface area contributed by atoms with Gasteiger partial charge in [-0.05, 0) is 30.7 Å². The fourth-order valence-electron chi connectivity index (χ4n) is 3.92. The van der Waals surface area contributed by atoms with Gasteiger partial charge in [0.05, 0.1) is 29.2 Å². The minimum atomic E-state index is -0.466. The van der Waals surface area contributed by atoms with Crippen molar-refractivity contribution in [3.8, 4) is 17.0 Å². The largest absolute Gasteiger partial charge is 0.489 e. The van der Waals surface area contributed by atoms with Crippen LogP contribution in [0.25, 0.3) is 11.3 Å². The summed E-state index contributed by atoms with van der Waals surface area (Å²) in [6.07, 6.45) is 4.98. The van der Waals surface area contributed by atoms with Gasteiger partial charge in [0.1, 0.15) is 18.2 Å². The van der Waals surface area contributed by atoms with Gasteiger partial charge in [-0.2, -0.15) is 0 Å². The number of pyridine rings is 1. The molecule has 1 saturated heterocycles. The number of amides is 1. The van der Waals surface area contributed by atoms with E-state index in [1.807, 2.05) is 6.07 Å². The Morgan fingerprint density at radius 2 is 2.25 bits per heavy atom. The van der Waals surface area contributed by atoms with Gasteiger partial charge in [-0.15, -0.1) is 0 Å². The maximum Gasteiger partial charge on any atom is 0.255 e. The molecule has 3 N–H and O–H groups in total. The number of halogens is 2. The number of nitrogens with zero attached hydrogens (tertiary/aromatic N) is 1. The molecule has 0 saturated carbocycles. The average molecular weight is 457 g/mol. The molecule has 4 heterocycles. The molecule has 0 aliphatic carbocycles. The molecule has 1 unspecified atom stereocenters. The first kappa shape index (κ1) is 20.8. The van der Waals surface area contributed by atoms with Gasteiger partial charge in [-0.3, -0.25) is 9.78 Å². The van der Waals surface area contributed by atoms with Crippen molar-refractivity contribution >= 4 is 28.9 Å². The van der Waals surface area contributed by atoms with Gasteiger partial charge in [0.25, 0.3) is 5.91 Å². The first-order valence-electron chi connectivity index (χ1n) is 10.5. The molecule has 0 spiro atoms. The van der Waals surface area contributed by atoms with Crippen LogP contribution >= 0.6 is 11.6 Å². The van der Waals surface area contributed by atoms with Crippen LogP contribution in [0.15, 0.2) is 30.6 Å². The Balaban J connectivity index is 1.60. The second-order valence-electron chi connectivity index (χ2n) is 7.88. The smallest absolute Gasteiger partial charge is 0.255 e. The average Bonchev–Trinajstić information content (AvgIpc) is 3.10. The van der Waals surface area contributed by atoms with Gasteiger partial charge < -0.3 is 25.1 Å². The third-order valence-electron chi connectivity index (χ3n) is 5.81. The molecule has 2 aliphatic heterocycles. The Kier molecular flexibility index (Phi) is 5.48. The predicted molar refractivity (Wildman–Crippen MR) is 119 cm³/mol. The quantitative estimate of drug-likeness (QED) is 0.512. The molecule has 0 radical (unpaired) electrons. The van der Waals surface area contributed by atoms with E-state index in [9.17, 15) is 9.18 Å². The number of nitrogens with one attached hydrogen (secondary N) is 3. The van der Waals surface area contributed by atoms with Crippen molar-refractivity contribution in [3.05, 3.63) is 58.3 Å². The fraction of sp³-hybridized carbons (Fsp3) is 0.304. The van der Waals surface area contributed by atoms with Gasteiger partial charge in [-0.1, -0.05) is 11.6 Å². The lowest BCUT2D eigenvalue weighted by atomic mass is 10.0. The second kappa shape index (κ2) is 8.44. The SMILES string of the molecule is Cc1c(Cl)cc(F)cc1Nc1c(-c2ccncc2OCC2CCO2)[nH]c2c1C(=O)NCC2. The fourth-order valence-corrected chi connectivity index (χ4v) is 4.12. The van der Waals surface area contributed by atoms with Crippen molar-refractivity contribution in [2.45, 2.75) is 25.9 Å². The van der Waals surface area contributed by atoms with Crippen molar-refractivity contribution in [3.63, 3.8) is 0 Å². The van der Waals surface area contributed by atoms with Gasteiger partial charge >= 0.3 is 0 Å². The van der Waals surface area contributed by atoms with Crippen molar-refractivity contribution < 1.29 is 18.7 Å². The number of hydrogen-bond donors (Lipinski definition) is 3. The van der Waals surface area contributed by atoms with Gasteiger partial charge in [0.2, 0.25) is 0 Å². The summed E-state index contributed by atoms with van der Waals surface area (Å²) < 4.78 is 25.6. The number of carbonyl (C=O) groups is 1. The number of fused-ring (bicyclic) bond motifs is 1. The van der Waals surface area contributed by atoms with E-state index in [-0.39, 0.29) is 12.0 Å². The third kappa shape index (κ3) is 3.80. The zero-order chi connectivity index (χ0) is 22.2. The molecule has 32 heavy (non-hydrogen) atoms. The third-order valence-corrected chi connectivity index (χ3v) is 6.20. The van der Waals surface area contributed by atoms with Crippen LogP contribution in [0.1, 0.15) is 28.0 Å².